The number of hydrogen-bond acceptors (Lipinski definition) is 5. The van der Waals surface area contributed by atoms with E-state index in [9.17, 15) is 9.59 Å². The van der Waals surface area contributed by atoms with Crippen molar-refractivity contribution in [2.75, 3.05) is 0 Å². The van der Waals surface area contributed by atoms with E-state index in [1.54, 1.807) is 6.08 Å². The van der Waals surface area contributed by atoms with Crippen molar-refractivity contribution in [2.45, 2.75) is 38.5 Å². The van der Waals surface area contributed by atoms with Crippen LogP contribution in [0.2, 0.25) is 0 Å². The number of allylic oxidation sites excluding steroid dienone is 1. The van der Waals surface area contributed by atoms with Crippen LogP contribution < -0.4 is 0 Å². The average Bonchev–Trinajstić information content (AvgIpc) is 3.39. The van der Waals surface area contributed by atoms with E-state index in [4.69, 9.17) is 9.47 Å². The molecule has 1 saturated carbocycles. The van der Waals surface area contributed by atoms with Gasteiger partial charge in [0.25, 0.3) is 0 Å². The van der Waals surface area contributed by atoms with Gasteiger partial charge in [0.15, 0.2) is 0 Å². The lowest BCUT2D eigenvalue weighted by molar-refractivity contribution is -0.148. The van der Waals surface area contributed by atoms with Crippen LogP contribution in [0, 0.1) is 5.92 Å². The molecule has 32 heavy (non-hydrogen) atoms. The summed E-state index contributed by atoms with van der Waals surface area (Å²) < 4.78 is 14.3. The van der Waals surface area contributed by atoms with Crippen molar-refractivity contribution in [3.05, 3.63) is 92.7 Å². The van der Waals surface area contributed by atoms with Gasteiger partial charge >= 0.3 is 11.9 Å². The second-order valence-electron chi connectivity index (χ2n) is 7.84. The topological polar surface area (TPSA) is 55.8 Å². The summed E-state index contributed by atoms with van der Waals surface area (Å²) in [6.07, 6.45) is 5.00. The van der Waals surface area contributed by atoms with Crippen LogP contribution in [0.5, 0.6) is 0 Å². The second kappa shape index (κ2) is 10.8. The van der Waals surface area contributed by atoms with Crippen LogP contribution in [-0.4, -0.2) is 21.1 Å². The monoisotopic (exact) mass is 655 g/mol. The minimum atomic E-state index is -0.662. The molecular weight excluding hydrogens is 632 g/mol. The lowest BCUT2D eigenvalue weighted by atomic mass is 9.96. The van der Waals surface area contributed by atoms with E-state index in [0.717, 1.165) is 39.7 Å². The third-order valence-corrected chi connectivity index (χ3v) is 9.02. The lowest BCUT2D eigenvalue weighted by Crippen LogP contribution is -2.21. The van der Waals surface area contributed by atoms with Crippen LogP contribution in [-0.2, 0) is 32.3 Å². The zero-order chi connectivity index (χ0) is 22.5. The summed E-state index contributed by atoms with van der Waals surface area (Å²) in [4.78, 5) is 26.0. The number of rotatable bonds is 7. The Morgan fingerprint density at radius 2 is 1.44 bits per heavy atom. The Bertz CT molecular complexity index is 979. The van der Waals surface area contributed by atoms with Gasteiger partial charge in [-0.1, -0.05) is 67.1 Å². The van der Waals surface area contributed by atoms with Gasteiger partial charge in [-0.3, -0.25) is 0 Å². The molecule has 166 valence electrons. The molecule has 1 aliphatic carbocycles. The molecule has 0 N–H and O–H groups in total. The van der Waals surface area contributed by atoms with E-state index in [-0.39, 0.29) is 18.8 Å². The Labute approximate surface area is 215 Å². The molecule has 2 aliphatic rings. The summed E-state index contributed by atoms with van der Waals surface area (Å²) in [7, 11) is 0. The second-order valence-corrected chi connectivity index (χ2v) is 9.90. The lowest BCUT2D eigenvalue weighted by Gasteiger charge is -2.18. The fourth-order valence-corrected chi connectivity index (χ4v) is 5.98. The van der Waals surface area contributed by atoms with Crippen molar-refractivity contribution in [2.24, 2.45) is 5.92 Å². The molecule has 7 heteroatoms. The number of carbonyl (C=O) groups is 2. The molecule has 2 aromatic carbocycles. The van der Waals surface area contributed by atoms with Gasteiger partial charge in [0.1, 0.15) is 18.8 Å². The van der Waals surface area contributed by atoms with Crippen LogP contribution in [0.15, 0.2) is 81.6 Å². The molecule has 4 rings (SSSR count). The molecule has 5 nitrogen and oxygen atoms in total. The van der Waals surface area contributed by atoms with Crippen molar-refractivity contribution < 1.29 is 19.1 Å². The Balaban J connectivity index is 1.56. The van der Waals surface area contributed by atoms with Crippen LogP contribution >= 0.6 is 45.5 Å². The molecule has 0 saturated heterocycles. The van der Waals surface area contributed by atoms with E-state index < -0.39 is 11.9 Å². The summed E-state index contributed by atoms with van der Waals surface area (Å²) in [6.45, 7) is 0.202. The average molecular weight is 655 g/mol. The Kier molecular flexibility index (Phi) is 7.88. The molecule has 0 aromatic heterocycles. The van der Waals surface area contributed by atoms with E-state index in [2.05, 4.69) is 48.6 Å². The first-order valence-corrected chi connectivity index (χ1v) is 12.6. The van der Waals surface area contributed by atoms with Crippen LogP contribution in [0.4, 0.5) is 0 Å². The van der Waals surface area contributed by atoms with Crippen molar-refractivity contribution in [1.29, 1.82) is 0 Å². The molecule has 1 aliphatic heterocycles. The molecule has 2 aromatic rings. The van der Waals surface area contributed by atoms with Gasteiger partial charge in [-0.15, -0.1) is 0 Å². The molecule has 0 amide bonds. The molecule has 0 bridgehead atoms. The number of hydrogen-bond donors (Lipinski definition) is 0. The zero-order valence-electron chi connectivity index (χ0n) is 17.4. The van der Waals surface area contributed by atoms with Crippen molar-refractivity contribution in [3.8, 4) is 0 Å². The highest BCUT2D eigenvalue weighted by atomic mass is 127. The maximum absolute atomic E-state index is 13.0. The minimum Gasteiger partial charge on any atom is -0.457 e. The highest BCUT2D eigenvalue weighted by molar-refractivity contribution is 14.1. The van der Waals surface area contributed by atoms with Crippen LogP contribution in [0.1, 0.15) is 30.4 Å². The molecule has 1 fully saturated rings. The molecule has 2 atom stereocenters. The summed E-state index contributed by atoms with van der Waals surface area (Å²) >= 11 is 4.63. The number of esters is 2. The van der Waals surface area contributed by atoms with Crippen LogP contribution in [0.25, 0.3) is 0 Å². The largest absolute Gasteiger partial charge is 0.457 e. The van der Waals surface area contributed by atoms with Crippen molar-refractivity contribution in [1.82, 2.24) is 3.11 Å². The predicted octanol–water partition coefficient (Wildman–Crippen LogP) is 5.88. The third kappa shape index (κ3) is 5.36. The normalized spacial score (nSPS) is 19.5. The Morgan fingerprint density at radius 1 is 0.906 bits per heavy atom. The van der Waals surface area contributed by atoms with E-state index in [0.29, 0.717) is 12.0 Å². The number of nitrogens with zero attached hydrogens (tertiary/aromatic N) is 1. The predicted molar refractivity (Wildman–Crippen MR) is 139 cm³/mol. The van der Waals surface area contributed by atoms with Crippen LogP contribution in [0.3, 0.4) is 0 Å². The van der Waals surface area contributed by atoms with E-state index in [1.165, 1.54) is 0 Å². The number of halogens is 2. The first-order valence-electron chi connectivity index (χ1n) is 10.5. The van der Waals surface area contributed by atoms with Gasteiger partial charge in [-0.05, 0) is 58.2 Å². The van der Waals surface area contributed by atoms with E-state index in [1.807, 2.05) is 60.7 Å². The fourth-order valence-electron chi connectivity index (χ4n) is 4.12. The number of carbonyl (C=O) groups excluding carboxylic acids is 2. The van der Waals surface area contributed by atoms with Crippen molar-refractivity contribution in [3.63, 3.8) is 0 Å². The van der Waals surface area contributed by atoms with Gasteiger partial charge in [0, 0.05) is 12.0 Å². The van der Waals surface area contributed by atoms with Gasteiger partial charge in [0.05, 0.1) is 26.6 Å². The first kappa shape index (κ1) is 23.3. The highest BCUT2D eigenvalue weighted by Gasteiger charge is 2.41. The van der Waals surface area contributed by atoms with Gasteiger partial charge in [0.2, 0.25) is 0 Å². The fraction of sp³-hybridized carbons (Fsp3) is 0.280. The Morgan fingerprint density at radius 3 is 1.97 bits per heavy atom. The summed E-state index contributed by atoms with van der Waals surface area (Å²) in [5.74, 6) is -1.01. The third-order valence-electron chi connectivity index (χ3n) is 5.76. The molecule has 1 heterocycles. The van der Waals surface area contributed by atoms with Gasteiger partial charge in [-0.2, -0.15) is 0 Å². The standard InChI is InChI=1S/C25H23I2NO4/c26-23-20(19-12-7-13-22(19)28(23)27)14-21(24(29)31-15-17-8-3-1-4-9-17)25(30)32-16-18-10-5-2-6-11-18/h1-6,8-11,14,19,22H,7,12-13,15-16H2. The quantitative estimate of drug-likeness (QED) is 0.0710. The molecule has 2 unspecified atom stereocenters. The number of fused-ring (bicyclic) bond motifs is 1. The summed E-state index contributed by atoms with van der Waals surface area (Å²) in [6, 6.07) is 19.3. The number of ether oxygens (including phenoxy) is 2. The van der Waals surface area contributed by atoms with Gasteiger partial charge < -0.3 is 12.6 Å². The zero-order valence-corrected chi connectivity index (χ0v) is 21.7. The summed E-state index contributed by atoms with van der Waals surface area (Å²) in [5, 5.41) is 0. The first-order chi connectivity index (χ1) is 15.5. The SMILES string of the molecule is O=C(OCc1ccccc1)C(=CC1=C(I)N(I)C2CCCC12)C(=O)OCc1ccccc1. The van der Waals surface area contributed by atoms with Gasteiger partial charge in [-0.25, -0.2) is 9.59 Å². The maximum atomic E-state index is 13.0. The minimum absolute atomic E-state index is 0.0571. The smallest absolute Gasteiger partial charge is 0.345 e. The number of benzene rings is 2. The maximum Gasteiger partial charge on any atom is 0.345 e. The molecule has 0 radical (unpaired) electrons. The van der Waals surface area contributed by atoms with E-state index >= 15 is 0 Å². The van der Waals surface area contributed by atoms with Crippen molar-refractivity contribution >= 4 is 57.4 Å². The highest BCUT2D eigenvalue weighted by Crippen LogP contribution is 2.48. The summed E-state index contributed by atoms with van der Waals surface area (Å²) in [5.41, 5.74) is 2.69. The molecular formula is C25H23I2NO4. The Hall–Kier alpha value is -1.88. The molecule has 0 spiro atoms.